The van der Waals surface area contributed by atoms with Crippen LogP contribution in [0, 0.1) is 6.92 Å². The van der Waals surface area contributed by atoms with E-state index >= 15 is 0 Å². The minimum atomic E-state index is 0.119. The Kier molecular flexibility index (Phi) is 5.49. The average Bonchev–Trinajstić information content (AvgIpc) is 2.86. The summed E-state index contributed by atoms with van der Waals surface area (Å²) in [5.41, 5.74) is 1.14. The van der Waals surface area contributed by atoms with Gasteiger partial charge in [-0.3, -0.25) is 4.79 Å². The maximum absolute atomic E-state index is 12.0. The molecule has 2 aromatic rings. The molecule has 0 bridgehead atoms. The average molecular weight is 287 g/mol. The molecule has 1 aromatic carbocycles. The smallest absolute Gasteiger partial charge is 0.143 e. The number of aryl methyl sites for hydroxylation is 2. The van der Waals surface area contributed by atoms with Gasteiger partial charge in [0.05, 0.1) is 13.0 Å². The van der Waals surface area contributed by atoms with Gasteiger partial charge in [0.2, 0.25) is 0 Å². The van der Waals surface area contributed by atoms with Gasteiger partial charge in [0.15, 0.2) is 0 Å². The van der Waals surface area contributed by atoms with Gasteiger partial charge in [-0.05, 0) is 31.0 Å². The number of ketones is 1. The molecule has 1 aromatic heterocycles. The third kappa shape index (κ3) is 4.70. The second-order valence-corrected chi connectivity index (χ2v) is 5.03. The van der Waals surface area contributed by atoms with Crippen LogP contribution in [0.4, 0.5) is 0 Å². The molecule has 5 heteroatoms. The van der Waals surface area contributed by atoms with E-state index in [0.29, 0.717) is 19.4 Å². The summed E-state index contributed by atoms with van der Waals surface area (Å²) in [6.07, 6.45) is 3.17. The number of carbonyl (C=O) groups is 1. The van der Waals surface area contributed by atoms with E-state index in [1.807, 2.05) is 31.2 Å². The monoisotopic (exact) mass is 287 g/mol. The number of rotatable bonds is 8. The van der Waals surface area contributed by atoms with Gasteiger partial charge in [-0.25, -0.2) is 9.67 Å². The summed E-state index contributed by atoms with van der Waals surface area (Å²) in [7, 11) is 0. The Balaban J connectivity index is 1.78. The van der Waals surface area contributed by atoms with Gasteiger partial charge in [-0.1, -0.05) is 19.1 Å². The van der Waals surface area contributed by atoms with Gasteiger partial charge in [0, 0.05) is 13.0 Å². The fourth-order valence-electron chi connectivity index (χ4n) is 2.08. The van der Waals surface area contributed by atoms with Crippen molar-refractivity contribution in [3.8, 4) is 5.75 Å². The lowest BCUT2D eigenvalue weighted by Crippen LogP contribution is -2.13. The summed E-state index contributed by atoms with van der Waals surface area (Å²) >= 11 is 0. The standard InChI is InChI=1S/C16H21N3O2/c1-3-8-19-16(17-12-18-19)11-14(20)7-9-21-15-6-4-5-13(2)10-15/h4-6,10,12H,3,7-9,11H2,1-2H3. The predicted molar refractivity (Wildman–Crippen MR) is 80.3 cm³/mol. The number of hydrogen-bond acceptors (Lipinski definition) is 4. The van der Waals surface area contributed by atoms with Crippen molar-refractivity contribution in [3.05, 3.63) is 42.0 Å². The van der Waals surface area contributed by atoms with Crippen LogP contribution in [0.3, 0.4) is 0 Å². The normalized spacial score (nSPS) is 10.6. The largest absolute Gasteiger partial charge is 0.493 e. The van der Waals surface area contributed by atoms with Crippen LogP contribution in [0.2, 0.25) is 0 Å². The highest BCUT2D eigenvalue weighted by atomic mass is 16.5. The maximum atomic E-state index is 12.0. The van der Waals surface area contributed by atoms with E-state index in [1.165, 1.54) is 6.33 Å². The van der Waals surface area contributed by atoms with Gasteiger partial charge < -0.3 is 4.74 Å². The fraction of sp³-hybridized carbons (Fsp3) is 0.438. The van der Waals surface area contributed by atoms with Crippen LogP contribution in [0.5, 0.6) is 5.75 Å². The molecule has 0 amide bonds. The summed E-state index contributed by atoms with van der Waals surface area (Å²) < 4.78 is 7.38. The zero-order valence-electron chi connectivity index (χ0n) is 12.6. The molecule has 0 atom stereocenters. The van der Waals surface area contributed by atoms with Crippen LogP contribution in [0.15, 0.2) is 30.6 Å². The summed E-state index contributed by atoms with van der Waals surface area (Å²) in [5.74, 6) is 1.65. The Bertz CT molecular complexity index is 593. The Morgan fingerprint density at radius 2 is 2.24 bits per heavy atom. The molecule has 0 aliphatic heterocycles. The highest BCUT2D eigenvalue weighted by Crippen LogP contribution is 2.12. The Hall–Kier alpha value is -2.17. The van der Waals surface area contributed by atoms with Crippen molar-refractivity contribution in [1.82, 2.24) is 14.8 Å². The van der Waals surface area contributed by atoms with Gasteiger partial charge in [0.1, 0.15) is 23.7 Å². The lowest BCUT2D eigenvalue weighted by molar-refractivity contribution is -0.119. The van der Waals surface area contributed by atoms with E-state index in [1.54, 1.807) is 4.68 Å². The van der Waals surface area contributed by atoms with Crippen molar-refractivity contribution in [1.29, 1.82) is 0 Å². The van der Waals surface area contributed by atoms with Gasteiger partial charge in [-0.15, -0.1) is 0 Å². The molecule has 0 saturated heterocycles. The van der Waals surface area contributed by atoms with Crippen LogP contribution in [0.1, 0.15) is 31.2 Å². The first-order valence-electron chi connectivity index (χ1n) is 7.27. The number of carbonyl (C=O) groups excluding carboxylic acids is 1. The Morgan fingerprint density at radius 1 is 1.38 bits per heavy atom. The maximum Gasteiger partial charge on any atom is 0.143 e. The summed E-state index contributed by atoms with van der Waals surface area (Å²) in [6.45, 7) is 5.27. The Labute approximate surface area is 125 Å². The third-order valence-corrected chi connectivity index (χ3v) is 3.13. The number of nitrogens with zero attached hydrogens (tertiary/aromatic N) is 3. The molecule has 0 aliphatic carbocycles. The zero-order chi connectivity index (χ0) is 15.1. The molecule has 0 saturated carbocycles. The number of hydrogen-bond donors (Lipinski definition) is 0. The molecule has 112 valence electrons. The van der Waals surface area contributed by atoms with E-state index in [2.05, 4.69) is 17.0 Å². The second-order valence-electron chi connectivity index (χ2n) is 5.03. The molecular formula is C16H21N3O2. The minimum absolute atomic E-state index is 0.119. The summed E-state index contributed by atoms with van der Waals surface area (Å²) in [5, 5.41) is 4.12. The topological polar surface area (TPSA) is 57.0 Å². The molecule has 0 N–H and O–H groups in total. The first-order chi connectivity index (χ1) is 10.2. The molecule has 0 aliphatic rings. The zero-order valence-corrected chi connectivity index (χ0v) is 12.6. The number of benzene rings is 1. The van der Waals surface area contributed by atoms with Crippen molar-refractivity contribution in [2.75, 3.05) is 6.61 Å². The lowest BCUT2D eigenvalue weighted by Gasteiger charge is -2.07. The van der Waals surface area contributed by atoms with Crippen LogP contribution < -0.4 is 4.74 Å². The van der Waals surface area contributed by atoms with E-state index in [-0.39, 0.29) is 5.78 Å². The fourth-order valence-corrected chi connectivity index (χ4v) is 2.08. The highest BCUT2D eigenvalue weighted by molar-refractivity contribution is 5.80. The number of aromatic nitrogens is 3. The quantitative estimate of drug-likeness (QED) is 0.749. The molecule has 0 radical (unpaired) electrons. The third-order valence-electron chi connectivity index (χ3n) is 3.13. The van der Waals surface area contributed by atoms with Gasteiger partial charge >= 0.3 is 0 Å². The molecule has 1 heterocycles. The molecule has 0 spiro atoms. The predicted octanol–water partition coefficient (Wildman–Crippen LogP) is 2.58. The molecule has 21 heavy (non-hydrogen) atoms. The molecule has 0 unspecified atom stereocenters. The number of Topliss-reactive ketones (excluding diaryl/α,β-unsaturated/α-hetero) is 1. The minimum Gasteiger partial charge on any atom is -0.493 e. The van der Waals surface area contributed by atoms with E-state index in [9.17, 15) is 4.79 Å². The molecule has 2 rings (SSSR count). The molecule has 5 nitrogen and oxygen atoms in total. The summed E-state index contributed by atoms with van der Waals surface area (Å²) in [6, 6.07) is 7.82. The highest BCUT2D eigenvalue weighted by Gasteiger charge is 2.10. The van der Waals surface area contributed by atoms with E-state index < -0.39 is 0 Å². The van der Waals surface area contributed by atoms with Crippen LogP contribution in [-0.2, 0) is 17.8 Å². The second kappa shape index (κ2) is 7.57. The van der Waals surface area contributed by atoms with Crippen molar-refractivity contribution in [2.24, 2.45) is 0 Å². The lowest BCUT2D eigenvalue weighted by atomic mass is 10.2. The Morgan fingerprint density at radius 3 is 3.00 bits per heavy atom. The van der Waals surface area contributed by atoms with Gasteiger partial charge in [0.25, 0.3) is 0 Å². The number of ether oxygens (including phenoxy) is 1. The van der Waals surface area contributed by atoms with Crippen molar-refractivity contribution < 1.29 is 9.53 Å². The van der Waals surface area contributed by atoms with Gasteiger partial charge in [-0.2, -0.15) is 5.10 Å². The SMILES string of the molecule is CCCn1ncnc1CC(=O)CCOc1cccc(C)c1. The van der Waals surface area contributed by atoms with Crippen LogP contribution in [-0.4, -0.2) is 27.2 Å². The van der Waals surface area contributed by atoms with E-state index in [4.69, 9.17) is 4.74 Å². The van der Waals surface area contributed by atoms with Crippen molar-refractivity contribution >= 4 is 5.78 Å². The first kappa shape index (κ1) is 15.2. The van der Waals surface area contributed by atoms with Crippen molar-refractivity contribution in [3.63, 3.8) is 0 Å². The summed E-state index contributed by atoms with van der Waals surface area (Å²) in [4.78, 5) is 16.1. The van der Waals surface area contributed by atoms with Crippen LogP contribution in [0.25, 0.3) is 0 Å². The first-order valence-corrected chi connectivity index (χ1v) is 7.27. The van der Waals surface area contributed by atoms with E-state index in [0.717, 1.165) is 30.1 Å². The van der Waals surface area contributed by atoms with Crippen molar-refractivity contribution in [2.45, 2.75) is 39.7 Å². The molecule has 0 fully saturated rings. The van der Waals surface area contributed by atoms with Crippen LogP contribution >= 0.6 is 0 Å². The molecular weight excluding hydrogens is 266 g/mol.